The molecule has 0 aliphatic rings. The van der Waals surface area contributed by atoms with Crippen LogP contribution in [0.1, 0.15) is 16.2 Å². The van der Waals surface area contributed by atoms with E-state index in [1.54, 1.807) is 17.8 Å². The van der Waals surface area contributed by atoms with Gasteiger partial charge in [-0.15, -0.1) is 0 Å². The average Bonchev–Trinajstić information content (AvgIpc) is 2.64. The molecule has 0 bridgehead atoms. The summed E-state index contributed by atoms with van der Waals surface area (Å²) in [6, 6.07) is 5.48. The first-order valence-electron chi connectivity index (χ1n) is 4.89. The van der Waals surface area contributed by atoms with Crippen LogP contribution in [-0.2, 0) is 13.5 Å². The van der Waals surface area contributed by atoms with Gasteiger partial charge in [0.2, 0.25) is 0 Å². The molecule has 4 nitrogen and oxygen atoms in total. The number of benzene rings is 1. The van der Waals surface area contributed by atoms with Crippen molar-refractivity contribution in [1.29, 1.82) is 0 Å². The number of aromatic nitrogens is 3. The first kappa shape index (κ1) is 12.4. The molecule has 1 aromatic carbocycles. The van der Waals surface area contributed by atoms with Crippen LogP contribution in [0.3, 0.4) is 0 Å². The summed E-state index contributed by atoms with van der Waals surface area (Å²) >= 11 is 6.73. The van der Waals surface area contributed by atoms with Gasteiger partial charge in [0.15, 0.2) is 5.78 Å². The zero-order valence-electron chi connectivity index (χ0n) is 9.02. The van der Waals surface area contributed by atoms with Gasteiger partial charge < -0.3 is 0 Å². The van der Waals surface area contributed by atoms with Gasteiger partial charge in [0, 0.05) is 21.6 Å². The molecule has 1 aromatic heterocycles. The van der Waals surface area contributed by atoms with E-state index in [4.69, 9.17) is 0 Å². The first-order chi connectivity index (χ1) is 8.08. The second-order valence-corrected chi connectivity index (χ2v) is 5.29. The SMILES string of the molecule is Cn1ncnc1CC(=O)c1ccc(Br)cc1Br. The zero-order chi connectivity index (χ0) is 12.4. The highest BCUT2D eigenvalue weighted by atomic mass is 79.9. The van der Waals surface area contributed by atoms with E-state index in [9.17, 15) is 4.79 Å². The summed E-state index contributed by atoms with van der Waals surface area (Å²) in [6.07, 6.45) is 1.69. The van der Waals surface area contributed by atoms with E-state index in [2.05, 4.69) is 41.9 Å². The van der Waals surface area contributed by atoms with E-state index in [-0.39, 0.29) is 12.2 Å². The van der Waals surface area contributed by atoms with E-state index in [1.807, 2.05) is 12.1 Å². The molecule has 0 aliphatic heterocycles. The minimum atomic E-state index is 0.0143. The Balaban J connectivity index is 2.23. The molecule has 0 spiro atoms. The molecule has 2 aromatic rings. The highest BCUT2D eigenvalue weighted by Crippen LogP contribution is 2.23. The summed E-state index contributed by atoms with van der Waals surface area (Å²) in [6.45, 7) is 0. The number of aryl methyl sites for hydroxylation is 1. The highest BCUT2D eigenvalue weighted by Gasteiger charge is 2.13. The molecule has 6 heteroatoms. The largest absolute Gasteiger partial charge is 0.294 e. The summed E-state index contributed by atoms with van der Waals surface area (Å²) < 4.78 is 3.31. The van der Waals surface area contributed by atoms with Gasteiger partial charge in [-0.3, -0.25) is 9.48 Å². The van der Waals surface area contributed by atoms with Gasteiger partial charge >= 0.3 is 0 Å². The second-order valence-electron chi connectivity index (χ2n) is 3.52. The predicted molar refractivity (Wildman–Crippen MR) is 70.9 cm³/mol. The van der Waals surface area contributed by atoms with E-state index in [1.165, 1.54) is 6.33 Å². The van der Waals surface area contributed by atoms with Crippen LogP contribution in [0.4, 0.5) is 0 Å². The molecule has 0 N–H and O–H groups in total. The van der Waals surface area contributed by atoms with Crippen molar-refractivity contribution < 1.29 is 4.79 Å². The van der Waals surface area contributed by atoms with Crippen molar-refractivity contribution in [3.63, 3.8) is 0 Å². The van der Waals surface area contributed by atoms with Crippen molar-refractivity contribution in [2.24, 2.45) is 7.05 Å². The second kappa shape index (κ2) is 5.10. The number of Topliss-reactive ketones (excluding diaryl/α,β-unsaturated/α-hetero) is 1. The molecule has 1 heterocycles. The average molecular weight is 359 g/mol. The Labute approximate surface area is 115 Å². The predicted octanol–water partition coefficient (Wildman–Crippen LogP) is 2.77. The number of carbonyl (C=O) groups excluding carboxylic acids is 1. The lowest BCUT2D eigenvalue weighted by Crippen LogP contribution is -2.09. The molecular formula is C11H9Br2N3O. The van der Waals surface area contributed by atoms with Crippen LogP contribution in [0.25, 0.3) is 0 Å². The molecule has 0 amide bonds. The van der Waals surface area contributed by atoms with Crippen LogP contribution < -0.4 is 0 Å². The maximum Gasteiger partial charge on any atom is 0.171 e. The molecular weight excluding hydrogens is 350 g/mol. The lowest BCUT2D eigenvalue weighted by Gasteiger charge is -2.04. The van der Waals surface area contributed by atoms with Crippen LogP contribution in [0.2, 0.25) is 0 Å². The molecule has 0 saturated carbocycles. The number of hydrogen-bond donors (Lipinski definition) is 0. The molecule has 2 rings (SSSR count). The standard InChI is InChI=1S/C11H9Br2N3O/c1-16-11(14-6-15-16)5-10(17)8-3-2-7(12)4-9(8)13/h2-4,6H,5H2,1H3. The Morgan fingerprint density at radius 2 is 2.18 bits per heavy atom. The minimum absolute atomic E-state index is 0.0143. The van der Waals surface area contributed by atoms with Gasteiger partial charge in [0.05, 0.1) is 6.42 Å². The molecule has 0 saturated heterocycles. The van der Waals surface area contributed by atoms with Gasteiger partial charge in [0.25, 0.3) is 0 Å². The number of rotatable bonds is 3. The van der Waals surface area contributed by atoms with Crippen LogP contribution in [0.15, 0.2) is 33.5 Å². The Morgan fingerprint density at radius 1 is 1.41 bits per heavy atom. The van der Waals surface area contributed by atoms with Crippen molar-refractivity contribution >= 4 is 37.6 Å². The van der Waals surface area contributed by atoms with Crippen LogP contribution in [0, 0.1) is 0 Å². The Morgan fingerprint density at radius 3 is 2.76 bits per heavy atom. The van der Waals surface area contributed by atoms with Crippen molar-refractivity contribution in [2.75, 3.05) is 0 Å². The fourth-order valence-corrected chi connectivity index (χ4v) is 2.70. The number of hydrogen-bond acceptors (Lipinski definition) is 3. The lowest BCUT2D eigenvalue weighted by atomic mass is 10.1. The maximum atomic E-state index is 12.1. The Kier molecular flexibility index (Phi) is 3.73. The Hall–Kier alpha value is -1.01. The summed E-state index contributed by atoms with van der Waals surface area (Å²) in [5.41, 5.74) is 0.649. The summed E-state index contributed by atoms with van der Waals surface area (Å²) in [5, 5.41) is 3.93. The lowest BCUT2D eigenvalue weighted by molar-refractivity contribution is 0.0989. The molecule has 0 radical (unpaired) electrons. The van der Waals surface area contributed by atoms with Gasteiger partial charge in [0.1, 0.15) is 12.2 Å². The fraction of sp³-hybridized carbons (Fsp3) is 0.182. The summed E-state index contributed by atoms with van der Waals surface area (Å²) in [4.78, 5) is 16.1. The minimum Gasteiger partial charge on any atom is -0.294 e. The first-order valence-corrected chi connectivity index (χ1v) is 6.47. The monoisotopic (exact) mass is 357 g/mol. The maximum absolute atomic E-state index is 12.1. The quantitative estimate of drug-likeness (QED) is 0.792. The van der Waals surface area contributed by atoms with E-state index in [0.717, 1.165) is 8.95 Å². The molecule has 88 valence electrons. The third-order valence-corrected chi connectivity index (χ3v) is 3.50. The van der Waals surface area contributed by atoms with Crippen LogP contribution in [0.5, 0.6) is 0 Å². The van der Waals surface area contributed by atoms with Crippen LogP contribution >= 0.6 is 31.9 Å². The fourth-order valence-electron chi connectivity index (χ4n) is 1.43. The van der Waals surface area contributed by atoms with E-state index in [0.29, 0.717) is 11.4 Å². The van der Waals surface area contributed by atoms with E-state index < -0.39 is 0 Å². The molecule has 0 unspecified atom stereocenters. The smallest absolute Gasteiger partial charge is 0.171 e. The summed E-state index contributed by atoms with van der Waals surface area (Å²) in [5.74, 6) is 0.672. The topological polar surface area (TPSA) is 47.8 Å². The molecule has 0 fully saturated rings. The highest BCUT2D eigenvalue weighted by molar-refractivity contribution is 9.11. The summed E-state index contributed by atoms with van der Waals surface area (Å²) in [7, 11) is 1.77. The van der Waals surface area contributed by atoms with Gasteiger partial charge in [-0.2, -0.15) is 5.10 Å². The molecule has 17 heavy (non-hydrogen) atoms. The van der Waals surface area contributed by atoms with Crippen LogP contribution in [-0.4, -0.2) is 20.5 Å². The van der Waals surface area contributed by atoms with Crippen molar-refractivity contribution in [1.82, 2.24) is 14.8 Å². The van der Waals surface area contributed by atoms with Gasteiger partial charge in [-0.05, 0) is 18.2 Å². The number of carbonyl (C=O) groups is 1. The van der Waals surface area contributed by atoms with Crippen molar-refractivity contribution in [3.8, 4) is 0 Å². The third kappa shape index (κ3) is 2.81. The number of ketones is 1. The van der Waals surface area contributed by atoms with Crippen molar-refractivity contribution in [3.05, 3.63) is 44.9 Å². The number of halogens is 2. The third-order valence-electron chi connectivity index (χ3n) is 2.36. The Bertz CT molecular complexity index is 566. The van der Waals surface area contributed by atoms with Gasteiger partial charge in [-0.1, -0.05) is 31.9 Å². The molecule has 0 atom stereocenters. The molecule has 0 aliphatic carbocycles. The van der Waals surface area contributed by atoms with E-state index >= 15 is 0 Å². The normalized spacial score (nSPS) is 10.5. The number of nitrogens with zero attached hydrogens (tertiary/aromatic N) is 3. The van der Waals surface area contributed by atoms with Crippen molar-refractivity contribution in [2.45, 2.75) is 6.42 Å². The van der Waals surface area contributed by atoms with Gasteiger partial charge in [-0.25, -0.2) is 4.98 Å². The zero-order valence-corrected chi connectivity index (χ0v) is 12.2.